The van der Waals surface area contributed by atoms with Crippen molar-refractivity contribution in [3.05, 3.63) is 45.2 Å². The van der Waals surface area contributed by atoms with Crippen molar-refractivity contribution < 1.29 is 13.2 Å². The molecule has 0 bridgehead atoms. The highest BCUT2D eigenvalue weighted by molar-refractivity contribution is 7.91. The molecule has 2 aliphatic rings. The zero-order chi connectivity index (χ0) is 18.6. The van der Waals surface area contributed by atoms with Gasteiger partial charge in [-0.15, -0.1) is 0 Å². The van der Waals surface area contributed by atoms with E-state index in [4.69, 9.17) is 23.2 Å². The largest absolute Gasteiger partial charge is 0.321 e. The molecule has 9 heteroatoms. The lowest BCUT2D eigenvalue weighted by Crippen LogP contribution is -2.12. The number of nitrogens with one attached hydrogen (secondary N) is 1. The van der Waals surface area contributed by atoms with Crippen LogP contribution in [0.2, 0.25) is 10.2 Å². The maximum Gasteiger partial charge on any atom is 0.256 e. The number of fused-ring (bicyclic) bond motifs is 1. The summed E-state index contributed by atoms with van der Waals surface area (Å²) >= 11 is 12.5. The van der Waals surface area contributed by atoms with Crippen LogP contribution in [-0.4, -0.2) is 35.6 Å². The number of anilines is 1. The summed E-state index contributed by atoms with van der Waals surface area (Å²) < 4.78 is 25.0. The molecule has 0 spiro atoms. The van der Waals surface area contributed by atoms with Gasteiger partial charge in [0.2, 0.25) is 0 Å². The van der Waals surface area contributed by atoms with Gasteiger partial charge in [-0.3, -0.25) is 4.79 Å². The molecule has 0 saturated carbocycles. The highest BCUT2D eigenvalue weighted by Crippen LogP contribution is 2.37. The van der Waals surface area contributed by atoms with Crippen LogP contribution in [0.25, 0.3) is 11.6 Å². The summed E-state index contributed by atoms with van der Waals surface area (Å²) in [6, 6.07) is 4.91. The molecule has 136 valence electrons. The molecular formula is C17H15Cl2N3O3S. The van der Waals surface area contributed by atoms with Crippen LogP contribution in [0.15, 0.2) is 18.2 Å². The third kappa shape index (κ3) is 2.94. The van der Waals surface area contributed by atoms with Crippen LogP contribution < -0.4 is 5.32 Å². The Hall–Kier alpha value is -1.83. The Labute approximate surface area is 160 Å². The number of rotatable bonds is 2. The van der Waals surface area contributed by atoms with Crippen LogP contribution in [0.1, 0.15) is 29.3 Å². The van der Waals surface area contributed by atoms with Gasteiger partial charge in [-0.05, 0) is 31.6 Å². The Morgan fingerprint density at radius 1 is 1.35 bits per heavy atom. The number of nitrogens with zero attached hydrogens (tertiary/aromatic N) is 2. The van der Waals surface area contributed by atoms with Crippen LogP contribution in [-0.2, 0) is 14.6 Å². The number of hydrogen-bond donors (Lipinski definition) is 1. The molecule has 1 atom stereocenters. The summed E-state index contributed by atoms with van der Waals surface area (Å²) in [7, 11) is -3.05. The quantitative estimate of drug-likeness (QED) is 0.768. The lowest BCUT2D eigenvalue weighted by atomic mass is 10.0. The summed E-state index contributed by atoms with van der Waals surface area (Å²) in [5, 5.41) is 8.07. The van der Waals surface area contributed by atoms with Gasteiger partial charge >= 0.3 is 0 Å². The minimum absolute atomic E-state index is 0.0334. The molecule has 4 rings (SSSR count). The Morgan fingerprint density at radius 3 is 2.81 bits per heavy atom. The van der Waals surface area contributed by atoms with E-state index in [0.717, 1.165) is 5.56 Å². The first-order valence-corrected chi connectivity index (χ1v) is 10.6. The van der Waals surface area contributed by atoms with E-state index in [1.54, 1.807) is 35.9 Å². The highest BCUT2D eigenvalue weighted by Gasteiger charge is 2.32. The van der Waals surface area contributed by atoms with Crippen molar-refractivity contribution in [3.63, 3.8) is 0 Å². The van der Waals surface area contributed by atoms with Gasteiger partial charge in [-0.25, -0.2) is 13.1 Å². The number of aryl methyl sites for hydroxylation is 1. The molecule has 1 aromatic heterocycles. The molecule has 6 nitrogen and oxygen atoms in total. The third-order valence-corrected chi connectivity index (χ3v) is 7.04. The number of carbonyl (C=O) groups is 1. The second-order valence-electron chi connectivity index (χ2n) is 6.49. The first-order valence-electron chi connectivity index (χ1n) is 8.03. The van der Waals surface area contributed by atoms with Gasteiger partial charge in [0.15, 0.2) is 9.84 Å². The zero-order valence-electron chi connectivity index (χ0n) is 13.8. The fraction of sp³-hybridized carbons (Fsp3) is 0.294. The fourth-order valence-electron chi connectivity index (χ4n) is 3.36. The molecule has 1 amide bonds. The van der Waals surface area contributed by atoms with Gasteiger partial charge < -0.3 is 5.32 Å². The predicted molar refractivity (Wildman–Crippen MR) is 102 cm³/mol. The van der Waals surface area contributed by atoms with E-state index in [9.17, 15) is 13.2 Å². The summed E-state index contributed by atoms with van der Waals surface area (Å²) in [5.41, 5.74) is 3.12. The van der Waals surface area contributed by atoms with Gasteiger partial charge in [0, 0.05) is 21.7 Å². The first-order chi connectivity index (χ1) is 12.2. The molecule has 0 radical (unpaired) electrons. The average Bonchev–Trinajstić information content (AvgIpc) is 3.16. The summed E-state index contributed by atoms with van der Waals surface area (Å²) in [6.07, 6.45) is 2.18. The monoisotopic (exact) mass is 411 g/mol. The van der Waals surface area contributed by atoms with E-state index in [1.807, 2.05) is 0 Å². The molecule has 26 heavy (non-hydrogen) atoms. The van der Waals surface area contributed by atoms with Crippen LogP contribution in [0.4, 0.5) is 5.69 Å². The smallest absolute Gasteiger partial charge is 0.256 e. The average molecular weight is 412 g/mol. The normalized spacial score (nSPS) is 22.7. The van der Waals surface area contributed by atoms with Gasteiger partial charge in [0.05, 0.1) is 28.9 Å². The van der Waals surface area contributed by atoms with Crippen molar-refractivity contribution in [2.45, 2.75) is 19.4 Å². The molecule has 2 aliphatic heterocycles. The van der Waals surface area contributed by atoms with Crippen molar-refractivity contribution in [2.24, 2.45) is 0 Å². The van der Waals surface area contributed by atoms with Crippen LogP contribution in [0.5, 0.6) is 0 Å². The molecular weight excluding hydrogens is 397 g/mol. The van der Waals surface area contributed by atoms with Crippen molar-refractivity contribution in [1.82, 2.24) is 9.78 Å². The van der Waals surface area contributed by atoms with E-state index in [1.165, 1.54) is 0 Å². The second-order valence-corrected chi connectivity index (χ2v) is 9.52. The molecule has 1 unspecified atom stereocenters. The molecule has 2 aromatic rings. The number of hydrogen-bond acceptors (Lipinski definition) is 4. The molecule has 1 aromatic carbocycles. The minimum atomic E-state index is -3.05. The Bertz CT molecular complexity index is 1070. The Kier molecular flexibility index (Phi) is 4.13. The summed E-state index contributed by atoms with van der Waals surface area (Å²) in [4.78, 5) is 12.3. The second kappa shape index (κ2) is 6.11. The zero-order valence-corrected chi connectivity index (χ0v) is 16.1. The van der Waals surface area contributed by atoms with E-state index in [0.29, 0.717) is 39.1 Å². The minimum Gasteiger partial charge on any atom is -0.321 e. The lowest BCUT2D eigenvalue weighted by molar-refractivity contribution is -0.110. The SMILES string of the molecule is Cc1nn(C2CCS(=O)(=O)C2)c(Cl)c1/C=C1\C(=O)Nc2cc(Cl)ccc21. The predicted octanol–water partition coefficient (Wildman–Crippen LogP) is 3.35. The fourth-order valence-corrected chi connectivity index (χ4v) is 5.59. The Morgan fingerprint density at radius 2 is 2.12 bits per heavy atom. The van der Waals surface area contributed by atoms with Gasteiger partial charge in [0.25, 0.3) is 5.91 Å². The third-order valence-electron chi connectivity index (χ3n) is 4.68. The maximum absolute atomic E-state index is 12.3. The molecule has 0 aliphatic carbocycles. The van der Waals surface area contributed by atoms with E-state index in [-0.39, 0.29) is 23.5 Å². The van der Waals surface area contributed by atoms with Crippen LogP contribution >= 0.6 is 23.2 Å². The molecule has 3 heterocycles. The van der Waals surface area contributed by atoms with Crippen molar-refractivity contribution in [1.29, 1.82) is 0 Å². The van der Waals surface area contributed by atoms with Crippen LogP contribution in [0, 0.1) is 6.92 Å². The van der Waals surface area contributed by atoms with Crippen molar-refractivity contribution in [2.75, 3.05) is 16.8 Å². The van der Waals surface area contributed by atoms with Crippen LogP contribution in [0.3, 0.4) is 0 Å². The standard InChI is InChI=1S/C17H15Cl2N3O3S/c1-9-13(16(19)22(21-9)11-4-5-26(24,25)8-11)7-14-12-3-2-10(18)6-15(12)20-17(14)23/h2-3,6-7,11H,4-5,8H2,1H3,(H,20,23)/b14-7-. The van der Waals surface area contributed by atoms with Crippen molar-refractivity contribution in [3.8, 4) is 0 Å². The summed E-state index contributed by atoms with van der Waals surface area (Å²) in [5.74, 6) is -0.0696. The number of amides is 1. The van der Waals surface area contributed by atoms with Crippen molar-refractivity contribution >= 4 is 56.3 Å². The van der Waals surface area contributed by atoms with Gasteiger partial charge in [0.1, 0.15) is 5.15 Å². The number of benzene rings is 1. The molecule has 1 fully saturated rings. The van der Waals surface area contributed by atoms with E-state index < -0.39 is 9.84 Å². The molecule has 1 saturated heterocycles. The number of carbonyl (C=O) groups excluding carboxylic acids is 1. The molecule has 1 N–H and O–H groups in total. The Balaban J connectivity index is 1.76. The van der Waals surface area contributed by atoms with Gasteiger partial charge in [-0.2, -0.15) is 5.10 Å². The summed E-state index contributed by atoms with van der Waals surface area (Å²) in [6.45, 7) is 1.79. The lowest BCUT2D eigenvalue weighted by Gasteiger charge is -2.09. The number of halogens is 2. The van der Waals surface area contributed by atoms with E-state index >= 15 is 0 Å². The number of sulfone groups is 1. The highest BCUT2D eigenvalue weighted by atomic mass is 35.5. The first kappa shape index (κ1) is 17.6. The number of aromatic nitrogens is 2. The van der Waals surface area contributed by atoms with Gasteiger partial charge in [-0.1, -0.05) is 29.3 Å². The topological polar surface area (TPSA) is 81.1 Å². The maximum atomic E-state index is 12.3. The van der Waals surface area contributed by atoms with E-state index in [2.05, 4.69) is 10.4 Å².